The topological polar surface area (TPSA) is 68.8 Å². The quantitative estimate of drug-likeness (QED) is 0.885. The molecular weight excluding hydrogens is 266 g/mol. The highest BCUT2D eigenvalue weighted by atomic mass is 16.5. The SMILES string of the molecule is C[C@H](Cn1ccnc1)NCc1nc(C2CCCCC2)no1. The van der Waals surface area contributed by atoms with E-state index in [1.165, 1.54) is 32.1 Å². The molecule has 1 aliphatic rings. The minimum absolute atomic E-state index is 0.323. The zero-order chi connectivity index (χ0) is 14.5. The van der Waals surface area contributed by atoms with Crippen LogP contribution < -0.4 is 5.32 Å². The van der Waals surface area contributed by atoms with Gasteiger partial charge >= 0.3 is 0 Å². The van der Waals surface area contributed by atoms with Crippen LogP contribution in [0.4, 0.5) is 0 Å². The molecule has 0 saturated heterocycles. The fraction of sp³-hybridized carbons (Fsp3) is 0.667. The fourth-order valence-corrected chi connectivity index (χ4v) is 2.90. The smallest absolute Gasteiger partial charge is 0.240 e. The molecule has 1 fully saturated rings. The molecule has 1 atom stereocenters. The van der Waals surface area contributed by atoms with Gasteiger partial charge in [-0.25, -0.2) is 4.98 Å². The second-order valence-corrected chi connectivity index (χ2v) is 5.92. The third-order valence-electron chi connectivity index (χ3n) is 4.10. The third kappa shape index (κ3) is 3.91. The first-order valence-electron chi connectivity index (χ1n) is 7.83. The Bertz CT molecular complexity index is 530. The molecule has 2 aromatic heterocycles. The second kappa shape index (κ2) is 6.85. The Labute approximate surface area is 125 Å². The van der Waals surface area contributed by atoms with E-state index < -0.39 is 0 Å². The van der Waals surface area contributed by atoms with E-state index in [0.29, 0.717) is 24.4 Å². The normalized spacial score (nSPS) is 18.0. The fourth-order valence-electron chi connectivity index (χ4n) is 2.90. The molecule has 0 bridgehead atoms. The zero-order valence-corrected chi connectivity index (χ0v) is 12.5. The summed E-state index contributed by atoms with van der Waals surface area (Å²) in [5.74, 6) is 2.08. The number of nitrogens with zero attached hydrogens (tertiary/aromatic N) is 4. The first-order valence-corrected chi connectivity index (χ1v) is 7.83. The molecule has 21 heavy (non-hydrogen) atoms. The van der Waals surface area contributed by atoms with Crippen LogP contribution in [-0.2, 0) is 13.1 Å². The van der Waals surface area contributed by atoms with Gasteiger partial charge in [-0.2, -0.15) is 4.98 Å². The van der Waals surface area contributed by atoms with Crippen LogP contribution >= 0.6 is 0 Å². The summed E-state index contributed by atoms with van der Waals surface area (Å²) in [7, 11) is 0. The maximum absolute atomic E-state index is 5.36. The maximum Gasteiger partial charge on any atom is 0.240 e. The lowest BCUT2D eigenvalue weighted by molar-refractivity contribution is 0.341. The van der Waals surface area contributed by atoms with E-state index in [1.807, 2.05) is 12.5 Å². The van der Waals surface area contributed by atoms with E-state index in [4.69, 9.17) is 4.52 Å². The third-order valence-corrected chi connectivity index (χ3v) is 4.10. The summed E-state index contributed by atoms with van der Waals surface area (Å²) >= 11 is 0. The lowest BCUT2D eigenvalue weighted by atomic mass is 9.89. The summed E-state index contributed by atoms with van der Waals surface area (Å²) in [6, 6.07) is 0.323. The van der Waals surface area contributed by atoms with Gasteiger partial charge in [-0.1, -0.05) is 24.4 Å². The predicted molar refractivity (Wildman–Crippen MR) is 78.7 cm³/mol. The monoisotopic (exact) mass is 289 g/mol. The average Bonchev–Trinajstić information content (AvgIpc) is 3.17. The number of imidazole rings is 1. The van der Waals surface area contributed by atoms with Crippen LogP contribution in [0.3, 0.4) is 0 Å². The largest absolute Gasteiger partial charge is 0.338 e. The van der Waals surface area contributed by atoms with Crippen LogP contribution in [0.25, 0.3) is 0 Å². The average molecular weight is 289 g/mol. The standard InChI is InChI=1S/C15H23N5O/c1-12(10-20-8-7-16-11-20)17-9-14-18-15(19-21-14)13-5-3-2-4-6-13/h7-8,11-13,17H,2-6,9-10H2,1H3/t12-/m1/s1. The van der Waals surface area contributed by atoms with E-state index in [0.717, 1.165) is 12.4 Å². The van der Waals surface area contributed by atoms with Crippen LogP contribution in [0.1, 0.15) is 56.7 Å². The first kappa shape index (κ1) is 14.3. The van der Waals surface area contributed by atoms with Crippen molar-refractivity contribution in [3.05, 3.63) is 30.4 Å². The van der Waals surface area contributed by atoms with Gasteiger partial charge in [0.25, 0.3) is 0 Å². The molecule has 0 aromatic carbocycles. The number of hydrogen-bond acceptors (Lipinski definition) is 5. The maximum atomic E-state index is 5.36. The van der Waals surface area contributed by atoms with Crippen molar-refractivity contribution in [1.82, 2.24) is 25.0 Å². The van der Waals surface area contributed by atoms with Crippen molar-refractivity contribution in [2.75, 3.05) is 0 Å². The molecule has 6 nitrogen and oxygen atoms in total. The predicted octanol–water partition coefficient (Wildman–Crippen LogP) is 2.49. The van der Waals surface area contributed by atoms with Crippen molar-refractivity contribution in [1.29, 1.82) is 0 Å². The number of hydrogen-bond donors (Lipinski definition) is 1. The molecular formula is C15H23N5O. The van der Waals surface area contributed by atoms with Gasteiger partial charge in [0.1, 0.15) is 0 Å². The number of nitrogens with one attached hydrogen (secondary N) is 1. The molecule has 6 heteroatoms. The van der Waals surface area contributed by atoms with Crippen molar-refractivity contribution in [2.45, 2.75) is 64.1 Å². The molecule has 1 saturated carbocycles. The van der Waals surface area contributed by atoms with E-state index in [9.17, 15) is 0 Å². The van der Waals surface area contributed by atoms with Crippen molar-refractivity contribution >= 4 is 0 Å². The Balaban J connectivity index is 1.48. The van der Waals surface area contributed by atoms with Crippen LogP contribution in [0.2, 0.25) is 0 Å². The minimum Gasteiger partial charge on any atom is -0.338 e. The van der Waals surface area contributed by atoms with Crippen LogP contribution in [0.15, 0.2) is 23.2 Å². The van der Waals surface area contributed by atoms with Crippen LogP contribution in [-0.4, -0.2) is 25.7 Å². The molecule has 1 aliphatic carbocycles. The Morgan fingerprint density at radius 1 is 1.38 bits per heavy atom. The van der Waals surface area contributed by atoms with Gasteiger partial charge in [-0.05, 0) is 19.8 Å². The van der Waals surface area contributed by atoms with E-state index in [1.54, 1.807) is 6.20 Å². The first-order chi connectivity index (χ1) is 10.3. The number of aromatic nitrogens is 4. The van der Waals surface area contributed by atoms with Crippen molar-refractivity contribution < 1.29 is 4.52 Å². The summed E-state index contributed by atoms with van der Waals surface area (Å²) in [6.07, 6.45) is 11.9. The highest BCUT2D eigenvalue weighted by Gasteiger charge is 2.20. The van der Waals surface area contributed by atoms with Gasteiger partial charge in [0.15, 0.2) is 5.82 Å². The summed E-state index contributed by atoms with van der Waals surface area (Å²) in [5.41, 5.74) is 0. The molecule has 3 rings (SSSR count). The molecule has 0 amide bonds. The van der Waals surface area contributed by atoms with Crippen molar-refractivity contribution in [3.63, 3.8) is 0 Å². The molecule has 114 valence electrons. The van der Waals surface area contributed by atoms with Gasteiger partial charge in [0.2, 0.25) is 5.89 Å². The van der Waals surface area contributed by atoms with E-state index in [-0.39, 0.29) is 0 Å². The van der Waals surface area contributed by atoms with Gasteiger partial charge in [-0.3, -0.25) is 0 Å². The summed E-state index contributed by atoms with van der Waals surface area (Å²) in [6.45, 7) is 3.64. The van der Waals surface area contributed by atoms with E-state index >= 15 is 0 Å². The highest BCUT2D eigenvalue weighted by molar-refractivity contribution is 4.96. The Kier molecular flexibility index (Phi) is 4.65. The molecule has 0 aliphatic heterocycles. The highest BCUT2D eigenvalue weighted by Crippen LogP contribution is 2.30. The molecule has 0 spiro atoms. The van der Waals surface area contributed by atoms with Crippen molar-refractivity contribution in [3.8, 4) is 0 Å². The van der Waals surface area contributed by atoms with Crippen LogP contribution in [0.5, 0.6) is 0 Å². The zero-order valence-electron chi connectivity index (χ0n) is 12.5. The lowest BCUT2D eigenvalue weighted by Crippen LogP contribution is -2.29. The minimum atomic E-state index is 0.323. The molecule has 2 aromatic rings. The van der Waals surface area contributed by atoms with Gasteiger partial charge in [0.05, 0.1) is 12.9 Å². The van der Waals surface area contributed by atoms with Crippen LogP contribution in [0, 0.1) is 0 Å². The van der Waals surface area contributed by atoms with E-state index in [2.05, 4.69) is 31.9 Å². The molecule has 0 radical (unpaired) electrons. The summed E-state index contributed by atoms with van der Waals surface area (Å²) in [4.78, 5) is 8.59. The summed E-state index contributed by atoms with van der Waals surface area (Å²) in [5, 5.41) is 7.56. The Morgan fingerprint density at radius 3 is 3.00 bits per heavy atom. The van der Waals surface area contributed by atoms with Crippen molar-refractivity contribution in [2.24, 2.45) is 0 Å². The summed E-state index contributed by atoms with van der Waals surface area (Å²) < 4.78 is 7.42. The van der Waals surface area contributed by atoms with Gasteiger partial charge < -0.3 is 14.4 Å². The molecule has 0 unspecified atom stereocenters. The van der Waals surface area contributed by atoms with Gasteiger partial charge in [0, 0.05) is 30.9 Å². The molecule has 2 heterocycles. The Hall–Kier alpha value is -1.69. The molecule has 1 N–H and O–H groups in total. The lowest BCUT2D eigenvalue weighted by Gasteiger charge is -2.17. The van der Waals surface area contributed by atoms with Gasteiger partial charge in [-0.15, -0.1) is 0 Å². The Morgan fingerprint density at radius 2 is 2.24 bits per heavy atom. The second-order valence-electron chi connectivity index (χ2n) is 5.92. The number of rotatable bonds is 6.